The van der Waals surface area contributed by atoms with E-state index in [1.165, 1.54) is 12.1 Å². The molecular formula is C22H21ClN2O5. The number of carbonyl (C=O) groups excluding carboxylic acids is 4. The van der Waals surface area contributed by atoms with Crippen molar-refractivity contribution in [2.24, 2.45) is 5.92 Å². The van der Waals surface area contributed by atoms with Crippen LogP contribution in [-0.2, 0) is 14.3 Å². The maximum absolute atomic E-state index is 12.6. The van der Waals surface area contributed by atoms with Gasteiger partial charge in [-0.1, -0.05) is 48.9 Å². The number of ketones is 1. The molecule has 1 aliphatic heterocycles. The van der Waals surface area contributed by atoms with Gasteiger partial charge in [-0.2, -0.15) is 0 Å². The van der Waals surface area contributed by atoms with Crippen LogP contribution < -0.4 is 5.43 Å². The van der Waals surface area contributed by atoms with Crippen molar-refractivity contribution in [2.75, 3.05) is 6.54 Å². The topological polar surface area (TPSA) is 92.8 Å². The summed E-state index contributed by atoms with van der Waals surface area (Å²) in [5.41, 5.74) is 3.28. The Morgan fingerprint density at radius 2 is 1.77 bits per heavy atom. The van der Waals surface area contributed by atoms with Crippen LogP contribution in [0.5, 0.6) is 0 Å². The zero-order valence-corrected chi connectivity index (χ0v) is 17.1. The minimum atomic E-state index is -0.923. The van der Waals surface area contributed by atoms with Crippen LogP contribution in [0.3, 0.4) is 0 Å². The maximum atomic E-state index is 12.6. The van der Waals surface area contributed by atoms with Crippen LogP contribution in [0.4, 0.5) is 0 Å². The quantitative estimate of drug-likeness (QED) is 0.540. The van der Waals surface area contributed by atoms with Crippen molar-refractivity contribution in [1.29, 1.82) is 0 Å². The lowest BCUT2D eigenvalue weighted by atomic mass is 10.0. The summed E-state index contributed by atoms with van der Waals surface area (Å²) in [6, 6.07) is 14.8. The van der Waals surface area contributed by atoms with Gasteiger partial charge in [0.25, 0.3) is 5.91 Å². The molecule has 1 N–H and O–H groups in total. The lowest BCUT2D eigenvalue weighted by molar-refractivity contribution is -0.151. The maximum Gasteiger partial charge on any atom is 0.312 e. The van der Waals surface area contributed by atoms with Crippen LogP contribution in [0.1, 0.15) is 40.5 Å². The molecule has 156 valence electrons. The first-order chi connectivity index (χ1) is 14.4. The molecule has 0 aromatic heterocycles. The Balaban J connectivity index is 1.59. The van der Waals surface area contributed by atoms with Crippen molar-refractivity contribution >= 4 is 35.2 Å². The molecule has 2 atom stereocenters. The number of esters is 1. The summed E-state index contributed by atoms with van der Waals surface area (Å²) in [5, 5.41) is 1.59. The Morgan fingerprint density at radius 3 is 2.40 bits per heavy atom. The van der Waals surface area contributed by atoms with Gasteiger partial charge in [0.2, 0.25) is 11.7 Å². The number of hydrogen-bond donors (Lipinski definition) is 1. The molecule has 1 heterocycles. The molecule has 8 heteroatoms. The highest BCUT2D eigenvalue weighted by atomic mass is 35.5. The minimum absolute atomic E-state index is 0.0209. The van der Waals surface area contributed by atoms with E-state index in [-0.39, 0.29) is 18.7 Å². The number of hydrazine groups is 1. The normalized spacial score (nSPS) is 16.8. The summed E-state index contributed by atoms with van der Waals surface area (Å²) in [5.74, 6) is -2.58. The summed E-state index contributed by atoms with van der Waals surface area (Å²) in [7, 11) is 0. The molecule has 0 aliphatic carbocycles. The Kier molecular flexibility index (Phi) is 6.84. The molecule has 1 saturated heterocycles. The molecule has 1 fully saturated rings. The third-order valence-corrected chi connectivity index (χ3v) is 5.03. The molecule has 0 bridgehead atoms. The van der Waals surface area contributed by atoms with Crippen LogP contribution in [0.25, 0.3) is 0 Å². The van der Waals surface area contributed by atoms with Gasteiger partial charge in [0.1, 0.15) is 0 Å². The van der Waals surface area contributed by atoms with Crippen molar-refractivity contribution < 1.29 is 23.9 Å². The van der Waals surface area contributed by atoms with Crippen molar-refractivity contribution in [2.45, 2.75) is 25.9 Å². The second kappa shape index (κ2) is 9.54. The summed E-state index contributed by atoms with van der Waals surface area (Å²) in [4.78, 5) is 49.6. The lowest BCUT2D eigenvalue weighted by Gasteiger charge is -2.19. The number of ether oxygens (including phenoxy) is 1. The summed E-state index contributed by atoms with van der Waals surface area (Å²) >= 11 is 5.81. The second-order valence-electron chi connectivity index (χ2n) is 6.92. The first-order valence-electron chi connectivity index (χ1n) is 9.55. The fourth-order valence-corrected chi connectivity index (χ4v) is 3.23. The molecule has 2 amide bonds. The number of rotatable bonds is 7. The van der Waals surface area contributed by atoms with E-state index in [0.717, 1.165) is 5.01 Å². The van der Waals surface area contributed by atoms with Gasteiger partial charge in [-0.05, 0) is 30.7 Å². The van der Waals surface area contributed by atoms with Crippen molar-refractivity contribution in [3.8, 4) is 0 Å². The third-order valence-electron chi connectivity index (χ3n) is 4.78. The summed E-state index contributed by atoms with van der Waals surface area (Å²) in [6.07, 6.45) is -0.708. The molecule has 2 aromatic carbocycles. The molecule has 7 nitrogen and oxygen atoms in total. The molecule has 0 saturated carbocycles. The standard InChI is InChI=1S/C22H21ClN2O5/c1-2-18(20(27)14-6-4-3-5-7-14)30-22(29)16-12-19(26)25(13-16)24-21(28)15-8-10-17(23)11-9-15/h3-11,16,18H,2,12-13H2,1H3,(H,24,28)/t16-,18+/m1/s1. The number of nitrogens with one attached hydrogen (secondary N) is 1. The number of benzene rings is 2. The van der Waals surface area contributed by atoms with E-state index in [0.29, 0.717) is 22.6 Å². The average molecular weight is 429 g/mol. The highest BCUT2D eigenvalue weighted by Crippen LogP contribution is 2.20. The molecule has 30 heavy (non-hydrogen) atoms. The predicted molar refractivity (Wildman–Crippen MR) is 110 cm³/mol. The first kappa shape index (κ1) is 21.5. The Morgan fingerprint density at radius 1 is 1.10 bits per heavy atom. The number of hydrogen-bond acceptors (Lipinski definition) is 5. The van der Waals surface area contributed by atoms with Crippen molar-refractivity contribution in [3.63, 3.8) is 0 Å². The van der Waals surface area contributed by atoms with Crippen LogP contribution in [0.15, 0.2) is 54.6 Å². The highest BCUT2D eigenvalue weighted by molar-refractivity contribution is 6.30. The first-order valence-corrected chi connectivity index (χ1v) is 9.93. The number of amides is 2. The molecule has 3 rings (SSSR count). The number of halogens is 1. The molecule has 0 radical (unpaired) electrons. The monoisotopic (exact) mass is 428 g/mol. The predicted octanol–water partition coefficient (Wildman–Crippen LogP) is 3.04. The van der Waals surface area contributed by atoms with E-state index in [4.69, 9.17) is 16.3 Å². The van der Waals surface area contributed by atoms with E-state index in [1.54, 1.807) is 49.4 Å². The SMILES string of the molecule is CC[C@H](OC(=O)[C@@H]1CC(=O)N(NC(=O)c2ccc(Cl)cc2)C1)C(=O)c1ccccc1. The Hall–Kier alpha value is -3.19. The van der Waals surface area contributed by atoms with Gasteiger partial charge < -0.3 is 4.74 Å². The lowest BCUT2D eigenvalue weighted by Crippen LogP contribution is -2.43. The van der Waals surface area contributed by atoms with Crippen LogP contribution in [0.2, 0.25) is 5.02 Å². The van der Waals surface area contributed by atoms with E-state index in [2.05, 4.69) is 5.43 Å². The van der Waals surface area contributed by atoms with E-state index >= 15 is 0 Å². The van der Waals surface area contributed by atoms with E-state index in [1.807, 2.05) is 0 Å². The fraction of sp³-hybridized carbons (Fsp3) is 0.273. The van der Waals surface area contributed by atoms with Gasteiger partial charge in [-0.15, -0.1) is 0 Å². The van der Waals surface area contributed by atoms with Crippen LogP contribution in [-0.4, -0.2) is 41.2 Å². The smallest absolute Gasteiger partial charge is 0.312 e. The van der Waals surface area contributed by atoms with Gasteiger partial charge in [0, 0.05) is 22.6 Å². The Labute approximate surface area is 178 Å². The average Bonchev–Trinajstić information content (AvgIpc) is 3.12. The van der Waals surface area contributed by atoms with Crippen molar-refractivity contribution in [1.82, 2.24) is 10.4 Å². The van der Waals surface area contributed by atoms with Crippen molar-refractivity contribution in [3.05, 3.63) is 70.7 Å². The van der Waals surface area contributed by atoms with Gasteiger partial charge in [-0.25, -0.2) is 0 Å². The van der Waals surface area contributed by atoms with Gasteiger partial charge in [0.15, 0.2) is 6.10 Å². The Bertz CT molecular complexity index is 946. The second-order valence-corrected chi connectivity index (χ2v) is 7.35. The van der Waals surface area contributed by atoms with E-state index < -0.39 is 29.8 Å². The molecule has 2 aromatic rings. The minimum Gasteiger partial charge on any atom is -0.454 e. The molecule has 1 aliphatic rings. The zero-order valence-electron chi connectivity index (χ0n) is 16.3. The third kappa shape index (κ3) is 5.04. The number of nitrogens with zero attached hydrogens (tertiary/aromatic N) is 1. The zero-order chi connectivity index (χ0) is 21.7. The summed E-state index contributed by atoms with van der Waals surface area (Å²) in [6.45, 7) is 1.73. The highest BCUT2D eigenvalue weighted by Gasteiger charge is 2.38. The molecule has 0 spiro atoms. The van der Waals surface area contributed by atoms with Gasteiger partial charge in [-0.3, -0.25) is 29.6 Å². The van der Waals surface area contributed by atoms with E-state index in [9.17, 15) is 19.2 Å². The molecular weight excluding hydrogens is 408 g/mol. The number of carbonyl (C=O) groups is 4. The fourth-order valence-electron chi connectivity index (χ4n) is 3.11. The van der Waals surface area contributed by atoms with Gasteiger partial charge >= 0.3 is 5.97 Å². The largest absolute Gasteiger partial charge is 0.454 e. The van der Waals surface area contributed by atoms with Gasteiger partial charge in [0.05, 0.1) is 12.5 Å². The van der Waals surface area contributed by atoms with Crippen LogP contribution in [0, 0.1) is 5.92 Å². The summed E-state index contributed by atoms with van der Waals surface area (Å²) < 4.78 is 5.40. The number of Topliss-reactive ketones (excluding diaryl/α,β-unsaturated/α-hetero) is 1. The van der Waals surface area contributed by atoms with Crippen LogP contribution >= 0.6 is 11.6 Å². The molecule has 0 unspecified atom stereocenters.